The van der Waals surface area contributed by atoms with Gasteiger partial charge in [-0.05, 0) is 71.3 Å². The minimum Gasteiger partial charge on any atom is -0.355 e. The van der Waals surface area contributed by atoms with E-state index in [1.165, 1.54) is 16.2 Å². The van der Waals surface area contributed by atoms with Gasteiger partial charge in [-0.25, -0.2) is 0 Å². The second-order valence-corrected chi connectivity index (χ2v) is 8.61. The fraction of sp³-hybridized carbons (Fsp3) is 0. The van der Waals surface area contributed by atoms with E-state index in [1.54, 1.807) is 0 Å². The molecule has 3 heterocycles. The maximum absolute atomic E-state index is 3.60. The molecule has 0 atom stereocenters. The van der Waals surface area contributed by atoms with E-state index >= 15 is 0 Å². The van der Waals surface area contributed by atoms with Crippen molar-refractivity contribution in [3.8, 4) is 33.8 Å². The molecular formula is C30H21N3. The van der Waals surface area contributed by atoms with Crippen LogP contribution in [0.25, 0.3) is 66.5 Å². The lowest BCUT2D eigenvalue weighted by atomic mass is 9.99. The third kappa shape index (κ3) is 3.06. The van der Waals surface area contributed by atoms with Crippen LogP contribution >= 0.6 is 0 Å². The van der Waals surface area contributed by atoms with E-state index < -0.39 is 0 Å². The number of para-hydroxylation sites is 3. The van der Waals surface area contributed by atoms with Crippen molar-refractivity contribution >= 4 is 32.7 Å². The Labute approximate surface area is 190 Å². The molecule has 0 amide bonds. The number of fused-ring (bicyclic) bond motifs is 3. The van der Waals surface area contributed by atoms with Crippen LogP contribution in [0.2, 0.25) is 0 Å². The zero-order valence-corrected chi connectivity index (χ0v) is 17.9. The van der Waals surface area contributed by atoms with E-state index in [1.807, 2.05) is 0 Å². The molecule has 3 nitrogen and oxygen atoms in total. The number of aromatic nitrogens is 3. The molecule has 0 unspecified atom stereocenters. The second kappa shape index (κ2) is 7.01. The molecule has 0 spiro atoms. The molecule has 0 fully saturated rings. The predicted octanol–water partition coefficient (Wildman–Crippen LogP) is 8.13. The minimum atomic E-state index is 1.12. The molecule has 3 N–H and O–H groups in total. The molecule has 0 aliphatic rings. The van der Waals surface area contributed by atoms with Crippen molar-refractivity contribution in [2.75, 3.05) is 0 Å². The van der Waals surface area contributed by atoms with Gasteiger partial charge in [0.2, 0.25) is 0 Å². The van der Waals surface area contributed by atoms with Crippen LogP contribution in [0.15, 0.2) is 109 Å². The van der Waals surface area contributed by atoms with E-state index in [9.17, 15) is 0 Å². The van der Waals surface area contributed by atoms with E-state index in [-0.39, 0.29) is 0 Å². The van der Waals surface area contributed by atoms with Gasteiger partial charge < -0.3 is 15.0 Å². The third-order valence-corrected chi connectivity index (χ3v) is 6.46. The van der Waals surface area contributed by atoms with Gasteiger partial charge in [0.1, 0.15) is 0 Å². The molecule has 0 bridgehead atoms. The van der Waals surface area contributed by atoms with Crippen molar-refractivity contribution in [1.29, 1.82) is 0 Å². The van der Waals surface area contributed by atoms with Crippen LogP contribution < -0.4 is 0 Å². The molecular weight excluding hydrogens is 402 g/mol. The standard InChI is InChI=1S/C30H21N3/c1-4-10-25-19(7-1)16-28(31-25)22-13-23(29-17-20-8-2-5-11-26(20)32-29)15-24(14-22)30-18-21-9-3-6-12-27(21)33-30/h1-18,31-33H. The molecule has 0 saturated heterocycles. The average Bonchev–Trinajstić information content (AvgIpc) is 3.59. The van der Waals surface area contributed by atoms with Gasteiger partial charge in [-0.2, -0.15) is 0 Å². The van der Waals surface area contributed by atoms with Gasteiger partial charge in [0.25, 0.3) is 0 Å². The highest BCUT2D eigenvalue weighted by Crippen LogP contribution is 2.35. The predicted molar refractivity (Wildman–Crippen MR) is 138 cm³/mol. The number of rotatable bonds is 3. The number of hydrogen-bond acceptors (Lipinski definition) is 0. The van der Waals surface area contributed by atoms with E-state index in [0.29, 0.717) is 0 Å². The van der Waals surface area contributed by atoms with Crippen molar-refractivity contribution in [2.45, 2.75) is 0 Å². The summed E-state index contributed by atoms with van der Waals surface area (Å²) in [5, 5.41) is 3.65. The molecule has 0 aliphatic heterocycles. The first-order chi connectivity index (χ1) is 16.3. The molecule has 0 aliphatic carbocycles. The number of hydrogen-bond donors (Lipinski definition) is 3. The molecule has 3 heteroatoms. The number of nitrogens with one attached hydrogen (secondary N) is 3. The average molecular weight is 424 g/mol. The molecule has 7 rings (SSSR count). The SMILES string of the molecule is c1ccc2[nH]c(-c3cc(-c4cc5ccccc5[nH]4)cc(-c4cc5ccccc5[nH]4)c3)cc2c1. The Morgan fingerprint density at radius 3 is 0.939 bits per heavy atom. The van der Waals surface area contributed by atoms with Crippen molar-refractivity contribution in [1.82, 2.24) is 15.0 Å². The maximum Gasteiger partial charge on any atom is 0.0465 e. The summed E-state index contributed by atoms with van der Waals surface area (Å²) in [5.74, 6) is 0. The fourth-order valence-electron chi connectivity index (χ4n) is 4.78. The number of aromatic amines is 3. The van der Waals surface area contributed by atoms with Gasteiger partial charge in [0.05, 0.1) is 0 Å². The minimum absolute atomic E-state index is 1.12. The highest BCUT2D eigenvalue weighted by molar-refractivity contribution is 5.92. The third-order valence-electron chi connectivity index (χ3n) is 6.46. The van der Waals surface area contributed by atoms with Crippen molar-refractivity contribution in [2.24, 2.45) is 0 Å². The first-order valence-corrected chi connectivity index (χ1v) is 11.2. The zero-order valence-electron chi connectivity index (χ0n) is 17.9. The lowest BCUT2D eigenvalue weighted by Gasteiger charge is -2.08. The van der Waals surface area contributed by atoms with Crippen LogP contribution in [-0.2, 0) is 0 Å². The molecule has 0 radical (unpaired) electrons. The Balaban J connectivity index is 1.46. The summed E-state index contributed by atoms with van der Waals surface area (Å²) < 4.78 is 0. The van der Waals surface area contributed by atoms with Gasteiger partial charge in [-0.1, -0.05) is 54.6 Å². The summed E-state index contributed by atoms with van der Waals surface area (Å²) in [6.45, 7) is 0. The summed E-state index contributed by atoms with van der Waals surface area (Å²) in [7, 11) is 0. The molecule has 3 aromatic heterocycles. The molecule has 4 aromatic carbocycles. The topological polar surface area (TPSA) is 47.4 Å². The Kier molecular flexibility index (Phi) is 3.84. The fourth-order valence-corrected chi connectivity index (χ4v) is 4.78. The normalized spacial score (nSPS) is 11.6. The monoisotopic (exact) mass is 423 g/mol. The van der Waals surface area contributed by atoms with Crippen molar-refractivity contribution in [3.05, 3.63) is 109 Å². The highest BCUT2D eigenvalue weighted by atomic mass is 14.7. The highest BCUT2D eigenvalue weighted by Gasteiger charge is 2.12. The maximum atomic E-state index is 3.60. The van der Waals surface area contributed by atoms with Crippen molar-refractivity contribution < 1.29 is 0 Å². The molecule has 0 saturated carbocycles. The quantitative estimate of drug-likeness (QED) is 0.257. The summed E-state index contributed by atoms with van der Waals surface area (Å²) in [5.41, 5.74) is 10.3. The first-order valence-electron chi connectivity index (χ1n) is 11.2. The van der Waals surface area contributed by atoms with Crippen molar-refractivity contribution in [3.63, 3.8) is 0 Å². The lowest BCUT2D eigenvalue weighted by Crippen LogP contribution is -1.86. The van der Waals surface area contributed by atoms with Crippen LogP contribution in [0.3, 0.4) is 0 Å². The van der Waals surface area contributed by atoms with Crippen LogP contribution in [-0.4, -0.2) is 15.0 Å². The smallest absolute Gasteiger partial charge is 0.0465 e. The van der Waals surface area contributed by atoms with E-state index in [4.69, 9.17) is 0 Å². The molecule has 7 aromatic rings. The summed E-state index contributed by atoms with van der Waals surface area (Å²) in [6.07, 6.45) is 0. The Bertz CT molecular complexity index is 1460. The van der Waals surface area contributed by atoms with Gasteiger partial charge in [0, 0.05) is 49.8 Å². The summed E-state index contributed by atoms with van der Waals surface area (Å²) in [4.78, 5) is 10.8. The largest absolute Gasteiger partial charge is 0.355 e. The lowest BCUT2D eigenvalue weighted by molar-refractivity contribution is 1.41. The Morgan fingerprint density at radius 1 is 0.333 bits per heavy atom. The number of benzene rings is 4. The zero-order chi connectivity index (χ0) is 21.8. The molecule has 156 valence electrons. The molecule has 33 heavy (non-hydrogen) atoms. The summed E-state index contributed by atoms with van der Waals surface area (Å²) >= 11 is 0. The van der Waals surface area contributed by atoms with Crippen LogP contribution in [0, 0.1) is 0 Å². The van der Waals surface area contributed by atoms with Gasteiger partial charge in [-0.15, -0.1) is 0 Å². The Morgan fingerprint density at radius 2 is 0.636 bits per heavy atom. The van der Waals surface area contributed by atoms with Gasteiger partial charge >= 0.3 is 0 Å². The van der Waals surface area contributed by atoms with Crippen LogP contribution in [0.5, 0.6) is 0 Å². The second-order valence-electron chi connectivity index (χ2n) is 8.61. The number of H-pyrrole nitrogens is 3. The van der Waals surface area contributed by atoms with E-state index in [0.717, 1.165) is 50.3 Å². The van der Waals surface area contributed by atoms with Crippen LogP contribution in [0.1, 0.15) is 0 Å². The van der Waals surface area contributed by atoms with Gasteiger partial charge in [0.15, 0.2) is 0 Å². The summed E-state index contributed by atoms with van der Waals surface area (Å²) in [6, 6.07) is 38.8. The van der Waals surface area contributed by atoms with E-state index in [2.05, 4.69) is 124 Å². The first kappa shape index (κ1) is 18.1. The Hall–Kier alpha value is -4.50. The van der Waals surface area contributed by atoms with Gasteiger partial charge in [-0.3, -0.25) is 0 Å². The van der Waals surface area contributed by atoms with Crippen LogP contribution in [0.4, 0.5) is 0 Å².